The van der Waals surface area contributed by atoms with Crippen LogP contribution in [0.15, 0.2) is 15.7 Å². The highest BCUT2D eigenvalue weighted by Gasteiger charge is 2.26. The zero-order valence-corrected chi connectivity index (χ0v) is 14.2. The Morgan fingerprint density at radius 3 is 2.95 bits per heavy atom. The lowest BCUT2D eigenvalue weighted by Gasteiger charge is -2.34. The van der Waals surface area contributed by atoms with Crippen LogP contribution in [0.1, 0.15) is 51.1 Å². The van der Waals surface area contributed by atoms with Crippen LogP contribution in [0.3, 0.4) is 0 Å². The molecule has 0 aliphatic carbocycles. The lowest BCUT2D eigenvalue weighted by molar-refractivity contribution is 0.167. The summed E-state index contributed by atoms with van der Waals surface area (Å²) in [4.78, 5) is 2.66. The van der Waals surface area contributed by atoms with Crippen molar-refractivity contribution in [2.24, 2.45) is 0 Å². The Morgan fingerprint density at radius 1 is 1.35 bits per heavy atom. The minimum atomic E-state index is 0.569. The second kappa shape index (κ2) is 6.82. The zero-order chi connectivity index (χ0) is 13.9. The minimum Gasteiger partial charge on any atom is -0.308 e. The highest BCUT2D eigenvalue weighted by atomic mass is 32.2. The Kier molecular flexibility index (Phi) is 5.08. The fourth-order valence-electron chi connectivity index (χ4n) is 3.34. The molecule has 1 fully saturated rings. The largest absolute Gasteiger partial charge is 0.308 e. The first-order chi connectivity index (χ1) is 9.74. The summed E-state index contributed by atoms with van der Waals surface area (Å²) in [6.45, 7) is 8.45. The molecule has 1 saturated heterocycles. The first-order valence-corrected chi connectivity index (χ1v) is 9.71. The van der Waals surface area contributed by atoms with Gasteiger partial charge in [0, 0.05) is 23.9 Å². The average molecular weight is 311 g/mol. The molecule has 0 amide bonds. The van der Waals surface area contributed by atoms with Crippen molar-refractivity contribution in [1.82, 2.24) is 10.2 Å². The Hall–Kier alpha value is -0.0300. The normalized spacial score (nSPS) is 29.1. The monoisotopic (exact) mass is 310 g/mol. The molecular weight excluding hydrogens is 284 g/mol. The molecule has 0 radical (unpaired) electrons. The average Bonchev–Trinajstić information content (AvgIpc) is 2.93. The molecule has 2 nitrogen and oxygen atoms in total. The van der Waals surface area contributed by atoms with Gasteiger partial charge in [-0.2, -0.15) is 0 Å². The highest BCUT2D eigenvalue weighted by molar-refractivity contribution is 8.01. The number of thioether (sulfide) groups is 1. The van der Waals surface area contributed by atoms with Gasteiger partial charge in [-0.25, -0.2) is 0 Å². The fourth-order valence-corrected chi connectivity index (χ4v) is 5.91. The third-order valence-corrected chi connectivity index (χ3v) is 6.93. The van der Waals surface area contributed by atoms with E-state index in [1.165, 1.54) is 43.0 Å². The van der Waals surface area contributed by atoms with E-state index in [0.717, 1.165) is 11.8 Å². The van der Waals surface area contributed by atoms with Crippen LogP contribution in [0, 0.1) is 0 Å². The van der Waals surface area contributed by atoms with E-state index in [-0.39, 0.29) is 0 Å². The molecule has 1 aromatic rings. The molecule has 2 aliphatic rings. The van der Waals surface area contributed by atoms with Gasteiger partial charge in [0.15, 0.2) is 0 Å². The van der Waals surface area contributed by atoms with Gasteiger partial charge in [-0.05, 0) is 56.3 Å². The molecule has 3 heterocycles. The molecule has 0 aromatic carbocycles. The lowest BCUT2D eigenvalue weighted by atomic mass is 10.0. The number of piperidine rings is 1. The van der Waals surface area contributed by atoms with Gasteiger partial charge < -0.3 is 5.32 Å². The number of thiophene rings is 1. The van der Waals surface area contributed by atoms with Gasteiger partial charge in [-0.1, -0.05) is 13.3 Å². The molecule has 0 saturated carbocycles. The molecule has 0 bridgehead atoms. The molecule has 0 spiro atoms. The predicted molar refractivity (Wildman–Crippen MR) is 89.9 cm³/mol. The smallest absolute Gasteiger partial charge is 0.0649 e. The molecule has 3 rings (SSSR count). The molecular formula is C16H26N2S2. The summed E-state index contributed by atoms with van der Waals surface area (Å²) in [5, 5.41) is 6.83. The molecule has 2 aliphatic heterocycles. The number of rotatable bonds is 4. The van der Waals surface area contributed by atoms with Gasteiger partial charge in [0.2, 0.25) is 0 Å². The van der Waals surface area contributed by atoms with Gasteiger partial charge in [-0.3, -0.25) is 4.90 Å². The van der Waals surface area contributed by atoms with Gasteiger partial charge in [0.05, 0.1) is 4.21 Å². The summed E-state index contributed by atoms with van der Waals surface area (Å²) in [6, 6.07) is 3.56. The van der Waals surface area contributed by atoms with E-state index in [1.807, 2.05) is 11.3 Å². The first-order valence-electron chi connectivity index (χ1n) is 7.95. The second-order valence-corrected chi connectivity index (χ2v) is 8.86. The number of nitrogens with one attached hydrogen (secondary N) is 1. The van der Waals surface area contributed by atoms with Gasteiger partial charge in [-0.15, -0.1) is 23.1 Å². The van der Waals surface area contributed by atoms with Crippen LogP contribution in [0.2, 0.25) is 0 Å². The number of likely N-dealkylation sites (tertiary alicyclic amines) is 1. The number of hydrogen-bond donors (Lipinski definition) is 1. The molecule has 2 unspecified atom stereocenters. The predicted octanol–water partition coefficient (Wildman–Crippen LogP) is 4.14. The Bertz CT molecular complexity index is 426. The molecule has 1 aromatic heterocycles. The van der Waals surface area contributed by atoms with Crippen molar-refractivity contribution in [3.05, 3.63) is 17.0 Å². The molecule has 20 heavy (non-hydrogen) atoms. The number of nitrogens with zero attached hydrogens (tertiary/aromatic N) is 1. The van der Waals surface area contributed by atoms with Crippen LogP contribution >= 0.6 is 23.1 Å². The van der Waals surface area contributed by atoms with Gasteiger partial charge >= 0.3 is 0 Å². The summed E-state index contributed by atoms with van der Waals surface area (Å²) >= 11 is 3.96. The van der Waals surface area contributed by atoms with Crippen molar-refractivity contribution in [2.75, 3.05) is 19.6 Å². The van der Waals surface area contributed by atoms with E-state index < -0.39 is 0 Å². The van der Waals surface area contributed by atoms with Crippen molar-refractivity contribution in [3.8, 4) is 0 Å². The summed E-state index contributed by atoms with van der Waals surface area (Å²) in [5.74, 6) is 0. The van der Waals surface area contributed by atoms with Crippen LogP contribution in [-0.2, 0) is 0 Å². The summed E-state index contributed by atoms with van der Waals surface area (Å²) in [6.07, 6.45) is 5.46. The third-order valence-electron chi connectivity index (χ3n) is 4.58. The van der Waals surface area contributed by atoms with Crippen molar-refractivity contribution in [2.45, 2.75) is 61.1 Å². The Balaban J connectivity index is 1.56. The van der Waals surface area contributed by atoms with Crippen LogP contribution < -0.4 is 5.32 Å². The third kappa shape index (κ3) is 3.41. The van der Waals surface area contributed by atoms with Gasteiger partial charge in [0.1, 0.15) is 0 Å². The topological polar surface area (TPSA) is 15.3 Å². The van der Waals surface area contributed by atoms with Crippen molar-refractivity contribution in [1.29, 1.82) is 0 Å². The maximum absolute atomic E-state index is 3.84. The minimum absolute atomic E-state index is 0.569. The Labute approximate surface area is 131 Å². The van der Waals surface area contributed by atoms with Crippen LogP contribution in [0.4, 0.5) is 0 Å². The van der Waals surface area contributed by atoms with Crippen LogP contribution in [0.5, 0.6) is 0 Å². The number of fused-ring (bicyclic) bond motifs is 1. The first kappa shape index (κ1) is 14.9. The fraction of sp³-hybridized carbons (Fsp3) is 0.750. The van der Waals surface area contributed by atoms with E-state index in [9.17, 15) is 0 Å². The van der Waals surface area contributed by atoms with E-state index >= 15 is 0 Å². The standard InChI is InChI=1S/C16H26N2S2/c1-12(18-7-4-3-5-8-18)11-17-15-10-13(2)20-16-14(15)6-9-19-16/h6,9,12-13,15,17H,3-5,7-8,10-11H2,1-2H3/t12?,13-,15?/m0/s1. The van der Waals surface area contributed by atoms with Crippen molar-refractivity contribution < 1.29 is 0 Å². The number of hydrogen-bond acceptors (Lipinski definition) is 4. The lowest BCUT2D eigenvalue weighted by Crippen LogP contribution is -2.44. The summed E-state index contributed by atoms with van der Waals surface area (Å²) < 4.78 is 1.53. The Morgan fingerprint density at radius 2 is 2.15 bits per heavy atom. The van der Waals surface area contributed by atoms with Crippen molar-refractivity contribution in [3.63, 3.8) is 0 Å². The van der Waals surface area contributed by atoms with E-state index in [1.54, 1.807) is 5.56 Å². The summed E-state index contributed by atoms with van der Waals surface area (Å²) in [5.41, 5.74) is 1.55. The molecule has 1 N–H and O–H groups in total. The van der Waals surface area contributed by atoms with Crippen molar-refractivity contribution >= 4 is 23.1 Å². The molecule has 3 atom stereocenters. The SMILES string of the molecule is CC(CNC1C[C@H](C)Sc2sccc21)N1CCCCC1. The van der Waals surface area contributed by atoms with Crippen LogP contribution in [-0.4, -0.2) is 35.8 Å². The van der Waals surface area contributed by atoms with E-state index in [4.69, 9.17) is 0 Å². The zero-order valence-electron chi connectivity index (χ0n) is 12.6. The molecule has 112 valence electrons. The van der Waals surface area contributed by atoms with E-state index in [2.05, 4.69) is 47.3 Å². The maximum Gasteiger partial charge on any atom is 0.0649 e. The molecule has 4 heteroatoms. The van der Waals surface area contributed by atoms with Crippen LogP contribution in [0.25, 0.3) is 0 Å². The maximum atomic E-state index is 3.84. The second-order valence-electron chi connectivity index (χ2n) is 6.23. The van der Waals surface area contributed by atoms with E-state index in [0.29, 0.717) is 12.1 Å². The highest BCUT2D eigenvalue weighted by Crippen LogP contribution is 2.43. The summed E-state index contributed by atoms with van der Waals surface area (Å²) in [7, 11) is 0. The van der Waals surface area contributed by atoms with Gasteiger partial charge in [0.25, 0.3) is 0 Å². The quantitative estimate of drug-likeness (QED) is 0.900.